The standard InChI is InChI=1S/C18H22N6O2/c25-17(13-22-11-14-4-1-2-5-15(14)12-22)23-6-3-7-24(9-8-23)18(26)16-10-19-21-20-16/h1-2,4-5,10H,3,6-9,11-13H2,(H,19,20,21). The van der Waals surface area contributed by atoms with Gasteiger partial charge in [-0.15, -0.1) is 0 Å². The van der Waals surface area contributed by atoms with Crippen LogP contribution in [0.15, 0.2) is 30.5 Å². The topological polar surface area (TPSA) is 85.4 Å². The van der Waals surface area contributed by atoms with Gasteiger partial charge in [0, 0.05) is 39.3 Å². The van der Waals surface area contributed by atoms with Crippen LogP contribution in [0.25, 0.3) is 0 Å². The number of H-pyrrole nitrogens is 1. The molecular formula is C18H22N6O2. The molecule has 1 aromatic carbocycles. The summed E-state index contributed by atoms with van der Waals surface area (Å²) >= 11 is 0. The number of carbonyl (C=O) groups excluding carboxylic acids is 2. The molecule has 3 heterocycles. The maximum atomic E-state index is 12.7. The van der Waals surface area contributed by atoms with E-state index in [-0.39, 0.29) is 11.8 Å². The summed E-state index contributed by atoms with van der Waals surface area (Å²) in [6.45, 7) is 4.47. The molecule has 1 aromatic heterocycles. The number of benzene rings is 1. The summed E-state index contributed by atoms with van der Waals surface area (Å²) in [5.74, 6) is -0.00316. The van der Waals surface area contributed by atoms with Gasteiger partial charge in [0.25, 0.3) is 5.91 Å². The van der Waals surface area contributed by atoms with Gasteiger partial charge in [-0.2, -0.15) is 15.4 Å². The highest BCUT2D eigenvalue weighted by Gasteiger charge is 2.26. The number of fused-ring (bicyclic) bond motifs is 1. The Morgan fingerprint density at radius 2 is 1.69 bits per heavy atom. The summed E-state index contributed by atoms with van der Waals surface area (Å²) in [4.78, 5) is 30.9. The van der Waals surface area contributed by atoms with E-state index in [0.29, 0.717) is 38.4 Å². The van der Waals surface area contributed by atoms with Gasteiger partial charge in [0.2, 0.25) is 5.91 Å². The van der Waals surface area contributed by atoms with Crippen molar-refractivity contribution >= 4 is 11.8 Å². The number of aromatic amines is 1. The molecule has 2 aliphatic heterocycles. The largest absolute Gasteiger partial charge is 0.340 e. The van der Waals surface area contributed by atoms with E-state index in [1.807, 2.05) is 17.0 Å². The zero-order valence-electron chi connectivity index (χ0n) is 14.6. The molecule has 8 nitrogen and oxygen atoms in total. The summed E-state index contributed by atoms with van der Waals surface area (Å²) in [6.07, 6.45) is 2.21. The van der Waals surface area contributed by atoms with Gasteiger partial charge in [-0.25, -0.2) is 0 Å². The number of hydrogen-bond acceptors (Lipinski definition) is 5. The van der Waals surface area contributed by atoms with Gasteiger partial charge in [-0.05, 0) is 17.5 Å². The van der Waals surface area contributed by atoms with E-state index in [9.17, 15) is 9.59 Å². The van der Waals surface area contributed by atoms with Gasteiger partial charge in [0.05, 0.1) is 12.7 Å². The number of nitrogens with zero attached hydrogens (tertiary/aromatic N) is 5. The number of nitrogens with one attached hydrogen (secondary N) is 1. The molecule has 0 aliphatic carbocycles. The van der Waals surface area contributed by atoms with Crippen LogP contribution in [0.5, 0.6) is 0 Å². The number of hydrogen-bond donors (Lipinski definition) is 1. The third-order valence-electron chi connectivity index (χ3n) is 5.04. The Morgan fingerprint density at radius 3 is 2.38 bits per heavy atom. The van der Waals surface area contributed by atoms with Crippen LogP contribution in [-0.2, 0) is 17.9 Å². The molecule has 8 heteroatoms. The Balaban J connectivity index is 1.31. The first-order chi connectivity index (χ1) is 12.7. The maximum Gasteiger partial charge on any atom is 0.276 e. The number of rotatable bonds is 3. The molecule has 2 aromatic rings. The van der Waals surface area contributed by atoms with E-state index in [2.05, 4.69) is 32.4 Å². The molecule has 1 saturated heterocycles. The summed E-state index contributed by atoms with van der Waals surface area (Å²) < 4.78 is 0. The minimum absolute atomic E-state index is 0.133. The maximum absolute atomic E-state index is 12.7. The zero-order chi connectivity index (χ0) is 17.9. The predicted octanol–water partition coefficient (Wildman–Crippen LogP) is 0.495. The predicted molar refractivity (Wildman–Crippen MR) is 94.0 cm³/mol. The van der Waals surface area contributed by atoms with Gasteiger partial charge in [-0.3, -0.25) is 14.5 Å². The van der Waals surface area contributed by atoms with Crippen molar-refractivity contribution in [3.05, 3.63) is 47.3 Å². The van der Waals surface area contributed by atoms with E-state index in [4.69, 9.17) is 0 Å². The highest BCUT2D eigenvalue weighted by atomic mass is 16.2. The molecule has 1 N–H and O–H groups in total. The van der Waals surface area contributed by atoms with Crippen molar-refractivity contribution in [2.24, 2.45) is 0 Å². The Labute approximate surface area is 151 Å². The second-order valence-corrected chi connectivity index (χ2v) is 6.80. The second-order valence-electron chi connectivity index (χ2n) is 6.80. The second kappa shape index (κ2) is 7.25. The summed E-state index contributed by atoms with van der Waals surface area (Å²) in [6, 6.07) is 8.33. The van der Waals surface area contributed by atoms with Crippen LogP contribution in [0.4, 0.5) is 0 Å². The van der Waals surface area contributed by atoms with Crippen molar-refractivity contribution in [3.8, 4) is 0 Å². The van der Waals surface area contributed by atoms with Gasteiger partial charge in [0.1, 0.15) is 0 Å². The molecule has 136 valence electrons. The molecule has 1 fully saturated rings. The Bertz CT molecular complexity index is 766. The van der Waals surface area contributed by atoms with Crippen LogP contribution in [0.3, 0.4) is 0 Å². The first-order valence-corrected chi connectivity index (χ1v) is 8.92. The van der Waals surface area contributed by atoms with Gasteiger partial charge in [0.15, 0.2) is 5.69 Å². The lowest BCUT2D eigenvalue weighted by atomic mass is 10.1. The quantitative estimate of drug-likeness (QED) is 0.867. The molecule has 0 unspecified atom stereocenters. The number of carbonyl (C=O) groups is 2. The molecular weight excluding hydrogens is 332 g/mol. The third-order valence-corrected chi connectivity index (χ3v) is 5.04. The van der Waals surface area contributed by atoms with Gasteiger partial charge in [-0.1, -0.05) is 24.3 Å². The summed E-state index contributed by atoms with van der Waals surface area (Å²) in [5.41, 5.74) is 2.93. The Morgan fingerprint density at radius 1 is 1.00 bits per heavy atom. The summed E-state index contributed by atoms with van der Waals surface area (Å²) in [7, 11) is 0. The minimum atomic E-state index is -0.136. The lowest BCUT2D eigenvalue weighted by Gasteiger charge is -2.24. The smallest absolute Gasteiger partial charge is 0.276 e. The third kappa shape index (κ3) is 3.45. The van der Waals surface area contributed by atoms with E-state index < -0.39 is 0 Å². The molecule has 2 amide bonds. The van der Waals surface area contributed by atoms with Crippen LogP contribution in [0.1, 0.15) is 28.0 Å². The highest BCUT2D eigenvalue weighted by molar-refractivity contribution is 5.92. The van der Waals surface area contributed by atoms with Crippen molar-refractivity contribution in [2.75, 3.05) is 32.7 Å². The minimum Gasteiger partial charge on any atom is -0.340 e. The van der Waals surface area contributed by atoms with E-state index >= 15 is 0 Å². The van der Waals surface area contributed by atoms with E-state index in [1.165, 1.54) is 17.3 Å². The molecule has 0 saturated carbocycles. The Hall–Kier alpha value is -2.74. The fourth-order valence-corrected chi connectivity index (χ4v) is 3.64. The molecule has 4 rings (SSSR count). The lowest BCUT2D eigenvalue weighted by molar-refractivity contribution is -0.132. The number of aromatic nitrogens is 3. The molecule has 0 spiro atoms. The average Bonchev–Trinajstić information content (AvgIpc) is 3.25. The van der Waals surface area contributed by atoms with Crippen molar-refractivity contribution in [1.82, 2.24) is 30.1 Å². The summed E-state index contributed by atoms with van der Waals surface area (Å²) in [5, 5.41) is 10.00. The molecule has 0 bridgehead atoms. The van der Waals surface area contributed by atoms with Crippen LogP contribution < -0.4 is 0 Å². The SMILES string of the molecule is O=C(CN1Cc2ccccc2C1)N1CCCN(C(=O)c2cn[nH]n2)CC1. The normalized spacial score (nSPS) is 17.8. The van der Waals surface area contributed by atoms with Crippen LogP contribution in [0, 0.1) is 0 Å². The van der Waals surface area contributed by atoms with Crippen molar-refractivity contribution in [3.63, 3.8) is 0 Å². The van der Waals surface area contributed by atoms with Crippen molar-refractivity contribution in [1.29, 1.82) is 0 Å². The van der Waals surface area contributed by atoms with Crippen molar-refractivity contribution < 1.29 is 9.59 Å². The zero-order valence-corrected chi connectivity index (χ0v) is 14.6. The lowest BCUT2D eigenvalue weighted by Crippen LogP contribution is -2.41. The molecule has 0 radical (unpaired) electrons. The van der Waals surface area contributed by atoms with Gasteiger partial charge < -0.3 is 9.80 Å². The average molecular weight is 354 g/mol. The fourth-order valence-electron chi connectivity index (χ4n) is 3.64. The monoisotopic (exact) mass is 354 g/mol. The van der Waals surface area contributed by atoms with Crippen molar-refractivity contribution in [2.45, 2.75) is 19.5 Å². The Kier molecular flexibility index (Phi) is 4.66. The van der Waals surface area contributed by atoms with E-state index in [0.717, 1.165) is 19.5 Å². The highest BCUT2D eigenvalue weighted by Crippen LogP contribution is 2.22. The van der Waals surface area contributed by atoms with E-state index in [1.54, 1.807) is 4.90 Å². The molecule has 2 aliphatic rings. The first kappa shape index (κ1) is 16.7. The fraction of sp³-hybridized carbons (Fsp3) is 0.444. The number of amides is 2. The van der Waals surface area contributed by atoms with Gasteiger partial charge >= 0.3 is 0 Å². The van der Waals surface area contributed by atoms with Crippen LogP contribution in [-0.4, -0.2) is 74.6 Å². The van der Waals surface area contributed by atoms with Crippen LogP contribution in [0.2, 0.25) is 0 Å². The van der Waals surface area contributed by atoms with Crippen LogP contribution >= 0.6 is 0 Å². The molecule has 0 atom stereocenters. The first-order valence-electron chi connectivity index (χ1n) is 8.92. The molecule has 26 heavy (non-hydrogen) atoms.